The zero-order chi connectivity index (χ0) is 15.0. The predicted octanol–water partition coefficient (Wildman–Crippen LogP) is 3.66. The van der Waals surface area contributed by atoms with Crippen LogP contribution in [0.4, 0.5) is 10.1 Å². The summed E-state index contributed by atoms with van der Waals surface area (Å²) in [7, 11) is 1.58. The van der Waals surface area contributed by atoms with E-state index in [9.17, 15) is 9.50 Å². The van der Waals surface area contributed by atoms with Crippen molar-refractivity contribution in [3.8, 4) is 5.75 Å². The molecule has 21 heavy (non-hydrogen) atoms. The maximum absolute atomic E-state index is 13.2. The van der Waals surface area contributed by atoms with Crippen LogP contribution in [0.5, 0.6) is 5.75 Å². The average molecular weight is 306 g/mol. The van der Waals surface area contributed by atoms with Crippen molar-refractivity contribution in [3.05, 3.63) is 64.4 Å². The van der Waals surface area contributed by atoms with Gasteiger partial charge in [-0.15, -0.1) is 0 Å². The van der Waals surface area contributed by atoms with Gasteiger partial charge in [0.05, 0.1) is 12.1 Å². The van der Waals surface area contributed by atoms with Gasteiger partial charge in [-0.3, -0.25) is 0 Å². The van der Waals surface area contributed by atoms with E-state index in [1.165, 1.54) is 12.1 Å². The van der Waals surface area contributed by atoms with Gasteiger partial charge in [0.1, 0.15) is 17.8 Å². The second kappa shape index (κ2) is 5.39. The van der Waals surface area contributed by atoms with Gasteiger partial charge >= 0.3 is 0 Å². The van der Waals surface area contributed by atoms with E-state index in [2.05, 4.69) is 5.32 Å². The van der Waals surface area contributed by atoms with Gasteiger partial charge in [-0.1, -0.05) is 11.6 Å². The van der Waals surface area contributed by atoms with Crippen LogP contribution in [0.15, 0.2) is 42.5 Å². The molecular weight excluding hydrogens is 293 g/mol. The van der Waals surface area contributed by atoms with Gasteiger partial charge in [0.2, 0.25) is 0 Å². The highest BCUT2D eigenvalue weighted by Gasteiger charge is 2.20. The largest absolute Gasteiger partial charge is 0.497 e. The van der Waals surface area contributed by atoms with E-state index in [0.717, 1.165) is 16.8 Å². The van der Waals surface area contributed by atoms with Gasteiger partial charge in [-0.05, 0) is 42.0 Å². The summed E-state index contributed by atoms with van der Waals surface area (Å²) in [6.07, 6.45) is 0.800. The molecule has 3 nitrogen and oxygen atoms in total. The number of hydrogen-bond donors (Lipinski definition) is 2. The number of hydrogen-bond acceptors (Lipinski definition) is 3. The van der Waals surface area contributed by atoms with E-state index in [1.807, 2.05) is 12.1 Å². The Morgan fingerprint density at radius 3 is 2.67 bits per heavy atom. The van der Waals surface area contributed by atoms with E-state index < -0.39 is 12.0 Å². The highest BCUT2D eigenvalue weighted by Crippen LogP contribution is 2.38. The van der Waals surface area contributed by atoms with Crippen molar-refractivity contribution < 1.29 is 14.2 Å². The van der Waals surface area contributed by atoms with Crippen molar-refractivity contribution in [2.24, 2.45) is 0 Å². The number of anilines is 1. The zero-order valence-electron chi connectivity index (χ0n) is 11.2. The summed E-state index contributed by atoms with van der Waals surface area (Å²) in [5.74, 6) is 0.286. The molecule has 108 valence electrons. The first-order chi connectivity index (χ1) is 10.1. The molecule has 0 saturated heterocycles. The van der Waals surface area contributed by atoms with Gasteiger partial charge in [0.15, 0.2) is 0 Å². The Balaban J connectivity index is 2.14. The number of ether oxygens (including phenoxy) is 1. The third kappa shape index (κ3) is 2.60. The van der Waals surface area contributed by atoms with Crippen LogP contribution in [-0.4, -0.2) is 18.4 Å². The fourth-order valence-corrected chi connectivity index (χ4v) is 2.67. The molecule has 1 aliphatic heterocycles. The molecule has 0 saturated carbocycles. The smallest absolute Gasteiger partial charge is 0.144 e. The lowest BCUT2D eigenvalue weighted by molar-refractivity contribution is 0.252. The van der Waals surface area contributed by atoms with Crippen molar-refractivity contribution in [1.82, 2.24) is 0 Å². The standard InChI is InChI=1S/C16H13ClFNO2/c1-21-10-3-5-12-13(8-16(20)19-15(12)7-10)11-4-2-9(18)6-14(11)17/h2-8,16,19-20H,1H3. The molecule has 1 aliphatic rings. The maximum atomic E-state index is 13.2. The minimum atomic E-state index is -0.847. The minimum absolute atomic E-state index is 0.303. The lowest BCUT2D eigenvalue weighted by atomic mass is 9.93. The van der Waals surface area contributed by atoms with Gasteiger partial charge < -0.3 is 15.2 Å². The van der Waals surface area contributed by atoms with Gasteiger partial charge in [-0.25, -0.2) is 4.39 Å². The van der Waals surface area contributed by atoms with Crippen molar-refractivity contribution in [1.29, 1.82) is 0 Å². The molecule has 2 aromatic carbocycles. The number of benzene rings is 2. The first-order valence-corrected chi connectivity index (χ1v) is 6.76. The predicted molar refractivity (Wildman–Crippen MR) is 81.1 cm³/mol. The summed E-state index contributed by atoms with van der Waals surface area (Å²) in [6.45, 7) is 0. The summed E-state index contributed by atoms with van der Waals surface area (Å²) in [4.78, 5) is 0. The van der Waals surface area contributed by atoms with Crippen molar-refractivity contribution in [2.45, 2.75) is 6.23 Å². The van der Waals surface area contributed by atoms with Crippen LogP contribution in [0.2, 0.25) is 5.02 Å². The summed E-state index contributed by atoms with van der Waals surface area (Å²) >= 11 is 6.13. The normalized spacial score (nSPS) is 16.8. The minimum Gasteiger partial charge on any atom is -0.497 e. The highest BCUT2D eigenvalue weighted by atomic mass is 35.5. The van der Waals surface area contributed by atoms with Crippen LogP contribution in [0.1, 0.15) is 11.1 Å². The Hall–Kier alpha value is -2.04. The van der Waals surface area contributed by atoms with Crippen LogP contribution < -0.4 is 10.1 Å². The molecule has 0 amide bonds. The van der Waals surface area contributed by atoms with Crippen molar-refractivity contribution >= 4 is 22.9 Å². The quantitative estimate of drug-likeness (QED) is 0.889. The third-order valence-corrected chi connectivity index (χ3v) is 3.68. The Morgan fingerprint density at radius 1 is 1.19 bits per heavy atom. The zero-order valence-corrected chi connectivity index (χ0v) is 12.0. The monoisotopic (exact) mass is 305 g/mol. The second-order valence-electron chi connectivity index (χ2n) is 4.71. The fourth-order valence-electron chi connectivity index (χ4n) is 2.40. The molecule has 0 aromatic heterocycles. The van der Waals surface area contributed by atoms with E-state index in [0.29, 0.717) is 16.3 Å². The lowest BCUT2D eigenvalue weighted by Gasteiger charge is -2.24. The number of aliphatic hydroxyl groups excluding tert-OH is 1. The summed E-state index contributed by atoms with van der Waals surface area (Å²) in [6, 6.07) is 9.70. The van der Waals surface area contributed by atoms with Crippen molar-refractivity contribution in [2.75, 3.05) is 12.4 Å². The first kappa shape index (κ1) is 13.9. The Kier molecular flexibility index (Phi) is 3.57. The molecule has 1 heterocycles. The summed E-state index contributed by atoms with van der Waals surface area (Å²) < 4.78 is 18.4. The summed E-state index contributed by atoms with van der Waals surface area (Å²) in [5.41, 5.74) is 3.03. The number of nitrogens with one attached hydrogen (secondary N) is 1. The van der Waals surface area contributed by atoms with Gasteiger partial charge in [0.25, 0.3) is 0 Å². The Bertz CT molecular complexity index is 730. The Morgan fingerprint density at radius 2 is 1.95 bits per heavy atom. The molecule has 1 unspecified atom stereocenters. The van der Waals surface area contributed by atoms with E-state index >= 15 is 0 Å². The van der Waals surface area contributed by atoms with Crippen LogP contribution >= 0.6 is 11.6 Å². The van der Waals surface area contributed by atoms with E-state index in [4.69, 9.17) is 16.3 Å². The van der Waals surface area contributed by atoms with Gasteiger partial charge in [0, 0.05) is 22.9 Å². The molecule has 1 atom stereocenters. The number of aliphatic hydroxyl groups is 1. The number of rotatable bonds is 2. The summed E-state index contributed by atoms with van der Waals surface area (Å²) in [5, 5.41) is 13.2. The third-order valence-electron chi connectivity index (χ3n) is 3.37. The SMILES string of the molecule is COc1ccc2c(c1)NC(O)C=C2c1ccc(F)cc1Cl. The molecule has 5 heteroatoms. The maximum Gasteiger partial charge on any atom is 0.144 e. The first-order valence-electron chi connectivity index (χ1n) is 6.39. The fraction of sp³-hybridized carbons (Fsp3) is 0.125. The van der Waals surface area contributed by atoms with E-state index in [1.54, 1.807) is 25.3 Å². The molecule has 2 aromatic rings. The molecule has 0 spiro atoms. The number of halogens is 2. The van der Waals surface area contributed by atoms with Crippen LogP contribution in [-0.2, 0) is 0 Å². The van der Waals surface area contributed by atoms with Crippen LogP contribution in [0, 0.1) is 5.82 Å². The molecule has 0 aliphatic carbocycles. The second-order valence-corrected chi connectivity index (χ2v) is 5.11. The highest BCUT2D eigenvalue weighted by molar-refractivity contribution is 6.32. The lowest BCUT2D eigenvalue weighted by Crippen LogP contribution is -2.21. The van der Waals surface area contributed by atoms with Crippen LogP contribution in [0.3, 0.4) is 0 Å². The molecule has 2 N–H and O–H groups in total. The van der Waals surface area contributed by atoms with E-state index in [-0.39, 0.29) is 0 Å². The van der Waals surface area contributed by atoms with Crippen LogP contribution in [0.25, 0.3) is 5.57 Å². The van der Waals surface area contributed by atoms with Crippen molar-refractivity contribution in [3.63, 3.8) is 0 Å². The molecule has 0 bridgehead atoms. The molecule has 3 rings (SSSR count). The van der Waals surface area contributed by atoms with Gasteiger partial charge in [-0.2, -0.15) is 0 Å². The number of fused-ring (bicyclic) bond motifs is 1. The molecular formula is C16H13ClFNO2. The Labute approximate surface area is 126 Å². The average Bonchev–Trinajstić information content (AvgIpc) is 2.45. The molecule has 0 radical (unpaired) electrons. The molecule has 0 fully saturated rings. The topological polar surface area (TPSA) is 41.5 Å². The number of methoxy groups -OCH3 is 1.